The lowest BCUT2D eigenvalue weighted by Gasteiger charge is -2.20. The fraction of sp³-hybridized carbons (Fsp3) is 0.725. The topological polar surface area (TPSA) is 104 Å². The highest BCUT2D eigenvalue weighted by molar-refractivity contribution is 7.85. The molecule has 2 unspecified atom stereocenters. The zero-order valence-electron chi connectivity index (χ0n) is 30.1. The van der Waals surface area contributed by atoms with Crippen LogP contribution in [0.25, 0.3) is 0 Å². The summed E-state index contributed by atoms with van der Waals surface area (Å²) in [6, 6.07) is -1.10. The maximum Gasteiger partial charge on any atom is 0.267 e. The van der Waals surface area contributed by atoms with Crippen LogP contribution in [0.3, 0.4) is 0 Å². The molecule has 47 heavy (non-hydrogen) atoms. The molecule has 0 heterocycles. The number of allylic oxidation sites excluding steroid dienone is 9. The molecule has 0 rings (SSSR count). The number of hydrogen-bond donors (Lipinski definition) is 3. The Balaban J connectivity index is 4.04. The molecule has 0 fully saturated rings. The van der Waals surface area contributed by atoms with E-state index in [1.807, 2.05) is 18.2 Å². The summed E-state index contributed by atoms with van der Waals surface area (Å²) in [5, 5.41) is 13.1. The summed E-state index contributed by atoms with van der Waals surface area (Å²) in [4.78, 5) is 12.4. The van der Waals surface area contributed by atoms with Gasteiger partial charge in [-0.3, -0.25) is 9.35 Å². The summed E-state index contributed by atoms with van der Waals surface area (Å²) in [5.74, 6) is -1.09. The maximum absolute atomic E-state index is 12.4. The molecule has 0 bridgehead atoms. The average molecular weight is 678 g/mol. The lowest BCUT2D eigenvalue weighted by molar-refractivity contribution is -0.122. The third-order valence-electron chi connectivity index (χ3n) is 8.21. The van der Waals surface area contributed by atoms with Crippen LogP contribution in [-0.4, -0.2) is 41.9 Å². The Kier molecular flexibility index (Phi) is 32.5. The molecule has 3 N–H and O–H groups in total. The normalized spacial score (nSPS) is 14.0. The standard InChI is InChI=1S/C40H71NO5S/c1-3-5-7-9-11-13-15-17-18-19-20-21-22-24-25-27-29-31-33-35-39(42)38(37-47(44,45)46)41-40(43)36-34-32-30-28-26-23-16-14-12-10-8-6-4-2/h6,8,12,14,23,26,30,32-33,35,38-39,42H,3-5,7,9-11,13,15-22,24-25,27-29,31,34,36-37H2,1-2H3,(H,41,43)(H,44,45,46)/b8-6-,14-12-,26-23-,32-30-,35-33+. The Labute approximate surface area is 290 Å². The third kappa shape index (κ3) is 35.2. The Hall–Kier alpha value is -1.96. The smallest absolute Gasteiger partial charge is 0.267 e. The number of unbranched alkanes of at least 4 members (excludes halogenated alkanes) is 17. The number of aliphatic hydroxyl groups excluding tert-OH is 1. The highest BCUT2D eigenvalue weighted by Crippen LogP contribution is 2.14. The molecule has 0 saturated carbocycles. The zero-order valence-corrected chi connectivity index (χ0v) is 30.9. The summed E-state index contributed by atoms with van der Waals surface area (Å²) in [6.45, 7) is 4.39. The van der Waals surface area contributed by atoms with Gasteiger partial charge >= 0.3 is 0 Å². The number of amides is 1. The van der Waals surface area contributed by atoms with E-state index in [1.165, 1.54) is 102 Å². The molecule has 0 aliphatic rings. The van der Waals surface area contributed by atoms with Gasteiger partial charge in [0, 0.05) is 6.42 Å². The summed E-state index contributed by atoms with van der Waals surface area (Å²) >= 11 is 0. The van der Waals surface area contributed by atoms with E-state index >= 15 is 0 Å². The number of rotatable bonds is 33. The maximum atomic E-state index is 12.4. The zero-order chi connectivity index (χ0) is 34.7. The number of nitrogens with one attached hydrogen (secondary N) is 1. The number of hydrogen-bond acceptors (Lipinski definition) is 4. The lowest BCUT2D eigenvalue weighted by atomic mass is 10.0. The van der Waals surface area contributed by atoms with Crippen LogP contribution < -0.4 is 5.32 Å². The monoisotopic (exact) mass is 678 g/mol. The summed E-state index contributed by atoms with van der Waals surface area (Å²) in [6.07, 6.45) is 46.5. The molecule has 0 saturated heterocycles. The predicted molar refractivity (Wildman–Crippen MR) is 202 cm³/mol. The first kappa shape index (κ1) is 45.0. The second-order valence-electron chi connectivity index (χ2n) is 12.8. The van der Waals surface area contributed by atoms with Crippen LogP contribution in [0.2, 0.25) is 0 Å². The minimum absolute atomic E-state index is 0.173. The highest BCUT2D eigenvalue weighted by Gasteiger charge is 2.24. The summed E-state index contributed by atoms with van der Waals surface area (Å²) < 4.78 is 32.4. The molecule has 7 heteroatoms. The van der Waals surface area contributed by atoms with Gasteiger partial charge in [-0.15, -0.1) is 0 Å². The van der Waals surface area contributed by atoms with E-state index in [2.05, 4.69) is 55.6 Å². The van der Waals surface area contributed by atoms with E-state index in [4.69, 9.17) is 0 Å². The van der Waals surface area contributed by atoms with E-state index in [0.717, 1.165) is 44.9 Å². The molecule has 0 aromatic heterocycles. The Morgan fingerprint density at radius 2 is 1.02 bits per heavy atom. The molecular weight excluding hydrogens is 607 g/mol. The van der Waals surface area contributed by atoms with Gasteiger partial charge < -0.3 is 10.4 Å². The first-order valence-corrected chi connectivity index (χ1v) is 20.6. The van der Waals surface area contributed by atoms with Gasteiger partial charge in [-0.05, 0) is 44.9 Å². The van der Waals surface area contributed by atoms with Crippen LogP contribution in [0.4, 0.5) is 0 Å². The SMILES string of the molecule is CC/C=C\C/C=C\C/C=C\C/C=C\CCC(=O)NC(CS(=O)(=O)O)C(O)/C=C/CCCCCCCCCCCCCCCCCCC. The largest absolute Gasteiger partial charge is 0.387 e. The van der Waals surface area contributed by atoms with Crippen LogP contribution in [0.1, 0.15) is 168 Å². The van der Waals surface area contributed by atoms with Crippen LogP contribution in [0.15, 0.2) is 60.8 Å². The van der Waals surface area contributed by atoms with E-state index in [1.54, 1.807) is 0 Å². The fourth-order valence-corrected chi connectivity index (χ4v) is 6.13. The molecule has 2 atom stereocenters. The summed E-state index contributed by atoms with van der Waals surface area (Å²) in [7, 11) is -4.36. The van der Waals surface area contributed by atoms with Gasteiger partial charge in [0.05, 0.1) is 17.9 Å². The van der Waals surface area contributed by atoms with Crippen molar-refractivity contribution in [3.63, 3.8) is 0 Å². The highest BCUT2D eigenvalue weighted by atomic mass is 32.2. The van der Waals surface area contributed by atoms with E-state index in [9.17, 15) is 22.9 Å². The van der Waals surface area contributed by atoms with Gasteiger partial charge in [0.1, 0.15) is 0 Å². The lowest BCUT2D eigenvalue weighted by Crippen LogP contribution is -2.46. The van der Waals surface area contributed by atoms with Crippen molar-refractivity contribution in [2.45, 2.75) is 180 Å². The van der Waals surface area contributed by atoms with E-state index in [0.29, 0.717) is 6.42 Å². The van der Waals surface area contributed by atoms with Crippen molar-refractivity contribution in [2.75, 3.05) is 5.75 Å². The number of carbonyl (C=O) groups excluding carboxylic acids is 1. The van der Waals surface area contributed by atoms with Crippen molar-refractivity contribution in [1.82, 2.24) is 5.32 Å². The molecule has 6 nitrogen and oxygen atoms in total. The molecule has 0 aromatic rings. The van der Waals surface area contributed by atoms with Crippen molar-refractivity contribution in [2.24, 2.45) is 0 Å². The van der Waals surface area contributed by atoms with Gasteiger partial charge in [0.25, 0.3) is 10.1 Å². The number of carbonyl (C=O) groups is 1. The second kappa shape index (κ2) is 33.9. The van der Waals surface area contributed by atoms with Crippen LogP contribution in [0, 0.1) is 0 Å². The molecule has 0 aliphatic heterocycles. The average Bonchev–Trinajstić information content (AvgIpc) is 3.03. The second-order valence-corrected chi connectivity index (χ2v) is 14.3. The van der Waals surface area contributed by atoms with Crippen molar-refractivity contribution in [3.05, 3.63) is 60.8 Å². The Bertz CT molecular complexity index is 967. The molecule has 272 valence electrons. The Morgan fingerprint density at radius 3 is 1.47 bits per heavy atom. The quantitative estimate of drug-likeness (QED) is 0.0364. The van der Waals surface area contributed by atoms with Crippen molar-refractivity contribution >= 4 is 16.0 Å². The van der Waals surface area contributed by atoms with Crippen LogP contribution in [-0.2, 0) is 14.9 Å². The molecule has 0 spiro atoms. The van der Waals surface area contributed by atoms with Gasteiger partial charge in [-0.1, -0.05) is 177 Å². The van der Waals surface area contributed by atoms with Gasteiger partial charge in [0.2, 0.25) is 5.91 Å². The first-order valence-electron chi connectivity index (χ1n) is 19.0. The van der Waals surface area contributed by atoms with Crippen LogP contribution >= 0.6 is 0 Å². The third-order valence-corrected chi connectivity index (χ3v) is 8.99. The van der Waals surface area contributed by atoms with Crippen LogP contribution in [0.5, 0.6) is 0 Å². The molecular formula is C40H71NO5S. The van der Waals surface area contributed by atoms with Gasteiger partial charge in [0.15, 0.2) is 0 Å². The molecule has 0 aromatic carbocycles. The van der Waals surface area contributed by atoms with Crippen molar-refractivity contribution in [3.8, 4) is 0 Å². The van der Waals surface area contributed by atoms with Crippen molar-refractivity contribution < 1.29 is 22.9 Å². The predicted octanol–water partition coefficient (Wildman–Crippen LogP) is 10.9. The van der Waals surface area contributed by atoms with Gasteiger partial charge in [-0.2, -0.15) is 8.42 Å². The Morgan fingerprint density at radius 1 is 0.596 bits per heavy atom. The molecule has 1 amide bonds. The fourth-order valence-electron chi connectivity index (χ4n) is 5.40. The van der Waals surface area contributed by atoms with Gasteiger partial charge in [-0.25, -0.2) is 0 Å². The van der Waals surface area contributed by atoms with E-state index in [-0.39, 0.29) is 12.3 Å². The minimum atomic E-state index is -4.36. The molecule has 0 radical (unpaired) electrons. The first-order chi connectivity index (χ1) is 22.8. The molecule has 0 aliphatic carbocycles. The van der Waals surface area contributed by atoms with E-state index < -0.39 is 28.0 Å². The number of aliphatic hydroxyl groups is 1. The minimum Gasteiger partial charge on any atom is -0.387 e. The summed E-state index contributed by atoms with van der Waals surface area (Å²) in [5.41, 5.74) is 0. The van der Waals surface area contributed by atoms with Crippen molar-refractivity contribution in [1.29, 1.82) is 0 Å².